The summed E-state index contributed by atoms with van der Waals surface area (Å²) in [6.07, 6.45) is 5.43. The average Bonchev–Trinajstić information content (AvgIpc) is 2.92. The van der Waals surface area contributed by atoms with Crippen molar-refractivity contribution in [3.05, 3.63) is 35.4 Å². The van der Waals surface area contributed by atoms with E-state index < -0.39 is 0 Å². The first kappa shape index (κ1) is 13.1. The first-order valence-electron chi connectivity index (χ1n) is 6.85. The van der Waals surface area contributed by atoms with Crippen LogP contribution in [0, 0.1) is 5.92 Å². The summed E-state index contributed by atoms with van der Waals surface area (Å²) in [5.41, 5.74) is 7.92. The summed E-state index contributed by atoms with van der Waals surface area (Å²) in [5, 5.41) is 3.03. The molecule has 0 aliphatic heterocycles. The minimum absolute atomic E-state index is 0.221. The Morgan fingerprint density at radius 2 is 1.78 bits per heavy atom. The molecule has 0 bridgehead atoms. The van der Waals surface area contributed by atoms with Gasteiger partial charge in [-0.3, -0.25) is 4.79 Å². The van der Waals surface area contributed by atoms with Gasteiger partial charge >= 0.3 is 0 Å². The first-order valence-corrected chi connectivity index (χ1v) is 6.85. The van der Waals surface area contributed by atoms with Gasteiger partial charge in [0.05, 0.1) is 0 Å². The summed E-state index contributed by atoms with van der Waals surface area (Å²) < 4.78 is 0. The molecule has 18 heavy (non-hydrogen) atoms. The lowest BCUT2D eigenvalue weighted by Crippen LogP contribution is -2.28. The Hall–Kier alpha value is -1.35. The van der Waals surface area contributed by atoms with E-state index in [1.54, 1.807) is 0 Å². The molecule has 3 nitrogen and oxygen atoms in total. The largest absolute Gasteiger partial charge is 0.352 e. The molecule has 1 fully saturated rings. The van der Waals surface area contributed by atoms with Crippen LogP contribution in [0.15, 0.2) is 24.3 Å². The normalized spacial score (nSPS) is 15.8. The molecule has 1 aromatic rings. The lowest BCUT2D eigenvalue weighted by molar-refractivity contribution is -0.124. The van der Waals surface area contributed by atoms with E-state index in [0.717, 1.165) is 24.8 Å². The highest BCUT2D eigenvalue weighted by atomic mass is 16.1. The van der Waals surface area contributed by atoms with E-state index in [9.17, 15) is 4.79 Å². The Morgan fingerprint density at radius 3 is 2.39 bits per heavy atom. The smallest absolute Gasteiger partial charge is 0.223 e. The van der Waals surface area contributed by atoms with E-state index in [4.69, 9.17) is 5.73 Å². The fraction of sp³-hybridized carbons (Fsp3) is 0.533. The van der Waals surface area contributed by atoms with Crippen molar-refractivity contribution in [2.45, 2.75) is 38.6 Å². The Balaban J connectivity index is 1.80. The predicted molar refractivity (Wildman–Crippen MR) is 73.0 cm³/mol. The second-order valence-electron chi connectivity index (χ2n) is 5.05. The van der Waals surface area contributed by atoms with Crippen LogP contribution in [0.25, 0.3) is 0 Å². The molecule has 1 saturated carbocycles. The van der Waals surface area contributed by atoms with Crippen molar-refractivity contribution in [3.8, 4) is 0 Å². The summed E-state index contributed by atoms with van der Waals surface area (Å²) in [5.74, 6) is 0.472. The third-order valence-corrected chi connectivity index (χ3v) is 3.65. The molecule has 0 radical (unpaired) electrons. The fourth-order valence-electron chi connectivity index (χ4n) is 2.51. The maximum Gasteiger partial charge on any atom is 0.223 e. The van der Waals surface area contributed by atoms with Gasteiger partial charge in [0.25, 0.3) is 0 Å². The number of benzene rings is 1. The van der Waals surface area contributed by atoms with Crippen LogP contribution in [-0.2, 0) is 17.8 Å². The van der Waals surface area contributed by atoms with Crippen LogP contribution < -0.4 is 11.1 Å². The maximum atomic E-state index is 11.9. The van der Waals surface area contributed by atoms with Crippen molar-refractivity contribution in [2.75, 3.05) is 6.54 Å². The van der Waals surface area contributed by atoms with E-state index in [1.807, 2.05) is 0 Å². The van der Waals surface area contributed by atoms with E-state index in [1.165, 1.54) is 18.4 Å². The zero-order valence-electron chi connectivity index (χ0n) is 10.8. The molecule has 98 valence electrons. The van der Waals surface area contributed by atoms with Crippen molar-refractivity contribution in [1.29, 1.82) is 0 Å². The molecule has 3 heteroatoms. The van der Waals surface area contributed by atoms with E-state index in [0.29, 0.717) is 13.1 Å². The third kappa shape index (κ3) is 3.57. The van der Waals surface area contributed by atoms with Crippen LogP contribution in [0.3, 0.4) is 0 Å². The number of carbonyl (C=O) groups excluding carboxylic acids is 1. The molecule has 0 heterocycles. The minimum Gasteiger partial charge on any atom is -0.352 e. The Labute approximate surface area is 109 Å². The number of hydrogen-bond acceptors (Lipinski definition) is 2. The van der Waals surface area contributed by atoms with Crippen LogP contribution in [0.2, 0.25) is 0 Å². The Bertz CT molecular complexity index is 380. The highest BCUT2D eigenvalue weighted by Gasteiger charge is 2.21. The molecule has 0 atom stereocenters. The van der Waals surface area contributed by atoms with Crippen LogP contribution in [-0.4, -0.2) is 12.5 Å². The highest BCUT2D eigenvalue weighted by molar-refractivity contribution is 5.78. The van der Waals surface area contributed by atoms with Crippen LogP contribution in [0.5, 0.6) is 0 Å². The maximum absolute atomic E-state index is 11.9. The second kappa shape index (κ2) is 6.55. The number of hydrogen-bond donors (Lipinski definition) is 2. The molecule has 0 aromatic heterocycles. The number of amides is 1. The molecular weight excluding hydrogens is 224 g/mol. The summed E-state index contributed by atoms with van der Waals surface area (Å²) in [6.45, 7) is 1.32. The molecule has 1 aromatic carbocycles. The van der Waals surface area contributed by atoms with Crippen LogP contribution >= 0.6 is 0 Å². The molecule has 1 aliphatic rings. The van der Waals surface area contributed by atoms with Gasteiger partial charge in [-0.1, -0.05) is 37.1 Å². The van der Waals surface area contributed by atoms with Gasteiger partial charge in [0.1, 0.15) is 0 Å². The van der Waals surface area contributed by atoms with Gasteiger partial charge in [-0.05, 0) is 36.9 Å². The molecule has 1 amide bonds. The molecule has 1 aliphatic carbocycles. The summed E-state index contributed by atoms with van der Waals surface area (Å²) in [4.78, 5) is 11.9. The third-order valence-electron chi connectivity index (χ3n) is 3.65. The monoisotopic (exact) mass is 246 g/mol. The van der Waals surface area contributed by atoms with E-state index >= 15 is 0 Å². The molecule has 3 N–H and O–H groups in total. The first-order chi connectivity index (χ1) is 8.79. The summed E-state index contributed by atoms with van der Waals surface area (Å²) in [6, 6.07) is 8.31. The molecule has 0 unspecified atom stereocenters. The highest BCUT2D eigenvalue weighted by Crippen LogP contribution is 2.24. The summed E-state index contributed by atoms with van der Waals surface area (Å²) in [7, 11) is 0. The number of nitrogens with one attached hydrogen (secondary N) is 1. The van der Waals surface area contributed by atoms with E-state index in [-0.39, 0.29) is 11.8 Å². The summed E-state index contributed by atoms with van der Waals surface area (Å²) >= 11 is 0. The van der Waals surface area contributed by atoms with Gasteiger partial charge in [0, 0.05) is 12.5 Å². The van der Waals surface area contributed by atoms with Crippen molar-refractivity contribution in [1.82, 2.24) is 5.32 Å². The topological polar surface area (TPSA) is 55.1 Å². The molecule has 0 spiro atoms. The lowest BCUT2D eigenvalue weighted by Gasteiger charge is -2.10. The predicted octanol–water partition coefficient (Wildman–Crippen LogP) is 1.99. The van der Waals surface area contributed by atoms with Crippen molar-refractivity contribution >= 4 is 5.91 Å². The van der Waals surface area contributed by atoms with Crippen LogP contribution in [0.4, 0.5) is 0 Å². The molecule has 2 rings (SSSR count). The fourth-order valence-corrected chi connectivity index (χ4v) is 2.51. The van der Waals surface area contributed by atoms with Crippen molar-refractivity contribution < 1.29 is 4.79 Å². The Kier molecular flexibility index (Phi) is 4.76. The van der Waals surface area contributed by atoms with Gasteiger partial charge in [-0.25, -0.2) is 0 Å². The number of nitrogens with two attached hydrogens (primary N) is 1. The number of carbonyl (C=O) groups is 1. The van der Waals surface area contributed by atoms with Crippen molar-refractivity contribution in [3.63, 3.8) is 0 Å². The zero-order valence-corrected chi connectivity index (χ0v) is 10.8. The molecular formula is C15H22N2O. The quantitative estimate of drug-likeness (QED) is 0.835. The average molecular weight is 246 g/mol. The van der Waals surface area contributed by atoms with Crippen LogP contribution in [0.1, 0.15) is 36.8 Å². The second-order valence-corrected chi connectivity index (χ2v) is 5.05. The van der Waals surface area contributed by atoms with Gasteiger partial charge < -0.3 is 11.1 Å². The zero-order chi connectivity index (χ0) is 12.8. The Morgan fingerprint density at radius 1 is 1.17 bits per heavy atom. The van der Waals surface area contributed by atoms with Crippen molar-refractivity contribution in [2.24, 2.45) is 11.7 Å². The number of rotatable bonds is 5. The van der Waals surface area contributed by atoms with E-state index in [2.05, 4.69) is 29.6 Å². The molecule has 0 saturated heterocycles. The lowest BCUT2D eigenvalue weighted by atomic mass is 10.1. The van der Waals surface area contributed by atoms with Gasteiger partial charge in [-0.2, -0.15) is 0 Å². The standard InChI is InChI=1S/C15H22N2O/c16-10-9-12-5-7-13(8-6-12)11-17-15(18)14-3-1-2-4-14/h5-8,14H,1-4,9-11,16H2,(H,17,18). The van der Waals surface area contributed by atoms with Gasteiger partial charge in [0.15, 0.2) is 0 Å². The van der Waals surface area contributed by atoms with Gasteiger partial charge in [0.2, 0.25) is 5.91 Å². The minimum atomic E-state index is 0.221. The SMILES string of the molecule is NCCc1ccc(CNC(=O)C2CCCC2)cc1. The van der Waals surface area contributed by atoms with Gasteiger partial charge in [-0.15, -0.1) is 0 Å².